The molecular formula is C21H22N2O5. The third-order valence-electron chi connectivity index (χ3n) is 4.32. The first kappa shape index (κ1) is 19.3. The molecule has 146 valence electrons. The van der Waals surface area contributed by atoms with E-state index in [-0.39, 0.29) is 0 Å². The van der Waals surface area contributed by atoms with Gasteiger partial charge < -0.3 is 24.1 Å². The SMILES string of the molecule is CCn1cc(C(=O)OCC(=O)Nc2cc(OC)cc(OC)c2)c2ccccc21. The number of fused-ring (bicyclic) bond motifs is 1. The Hall–Kier alpha value is -3.48. The van der Waals surface area contributed by atoms with Gasteiger partial charge in [0, 0.05) is 47.5 Å². The normalized spacial score (nSPS) is 10.5. The Morgan fingerprint density at radius 3 is 2.36 bits per heavy atom. The number of hydrogen-bond acceptors (Lipinski definition) is 5. The lowest BCUT2D eigenvalue weighted by Crippen LogP contribution is -2.21. The highest BCUT2D eigenvalue weighted by Gasteiger charge is 2.17. The van der Waals surface area contributed by atoms with E-state index in [1.54, 1.807) is 24.4 Å². The molecule has 1 N–H and O–H groups in total. The van der Waals surface area contributed by atoms with Gasteiger partial charge in [0.1, 0.15) is 11.5 Å². The molecular weight excluding hydrogens is 360 g/mol. The first-order chi connectivity index (χ1) is 13.5. The van der Waals surface area contributed by atoms with Crippen molar-refractivity contribution >= 4 is 28.5 Å². The zero-order valence-electron chi connectivity index (χ0n) is 16.0. The number of carbonyl (C=O) groups is 2. The second-order valence-corrected chi connectivity index (χ2v) is 6.07. The molecule has 1 amide bonds. The van der Waals surface area contributed by atoms with Crippen molar-refractivity contribution in [1.82, 2.24) is 4.57 Å². The van der Waals surface area contributed by atoms with Crippen LogP contribution in [0.25, 0.3) is 10.9 Å². The van der Waals surface area contributed by atoms with Crippen molar-refractivity contribution in [3.8, 4) is 11.5 Å². The van der Waals surface area contributed by atoms with Crippen LogP contribution in [0.5, 0.6) is 11.5 Å². The highest BCUT2D eigenvalue weighted by atomic mass is 16.5. The number of para-hydroxylation sites is 1. The summed E-state index contributed by atoms with van der Waals surface area (Å²) in [4.78, 5) is 24.7. The lowest BCUT2D eigenvalue weighted by molar-refractivity contribution is -0.119. The van der Waals surface area contributed by atoms with Crippen LogP contribution in [0.4, 0.5) is 5.69 Å². The summed E-state index contributed by atoms with van der Waals surface area (Å²) >= 11 is 0. The molecule has 7 heteroatoms. The maximum absolute atomic E-state index is 12.5. The van der Waals surface area contributed by atoms with Crippen LogP contribution in [0.15, 0.2) is 48.7 Å². The Labute approximate surface area is 162 Å². The molecule has 1 aromatic heterocycles. The van der Waals surface area contributed by atoms with Crippen molar-refractivity contribution in [2.75, 3.05) is 26.1 Å². The number of benzene rings is 2. The van der Waals surface area contributed by atoms with Gasteiger partial charge in [-0.15, -0.1) is 0 Å². The summed E-state index contributed by atoms with van der Waals surface area (Å²) in [5.41, 5.74) is 1.87. The minimum atomic E-state index is -0.540. The monoisotopic (exact) mass is 382 g/mol. The fourth-order valence-electron chi connectivity index (χ4n) is 2.96. The molecule has 0 saturated carbocycles. The largest absolute Gasteiger partial charge is 0.497 e. The van der Waals surface area contributed by atoms with Gasteiger partial charge in [0.25, 0.3) is 5.91 Å². The Morgan fingerprint density at radius 1 is 1.04 bits per heavy atom. The number of esters is 1. The number of hydrogen-bond donors (Lipinski definition) is 1. The Bertz CT molecular complexity index is 987. The van der Waals surface area contributed by atoms with Crippen molar-refractivity contribution < 1.29 is 23.8 Å². The number of anilines is 1. The number of amides is 1. The Morgan fingerprint density at radius 2 is 1.71 bits per heavy atom. The van der Waals surface area contributed by atoms with Crippen LogP contribution in [0, 0.1) is 0 Å². The zero-order chi connectivity index (χ0) is 20.1. The molecule has 0 spiro atoms. The van der Waals surface area contributed by atoms with Gasteiger partial charge in [-0.2, -0.15) is 0 Å². The van der Waals surface area contributed by atoms with E-state index in [1.165, 1.54) is 14.2 Å². The molecule has 28 heavy (non-hydrogen) atoms. The topological polar surface area (TPSA) is 78.8 Å². The van der Waals surface area contributed by atoms with Crippen LogP contribution in [0.3, 0.4) is 0 Å². The van der Waals surface area contributed by atoms with Crippen LogP contribution in [-0.4, -0.2) is 37.3 Å². The standard InChI is InChI=1S/C21H22N2O5/c1-4-23-12-18(17-7-5-6-8-19(17)23)21(25)28-13-20(24)22-14-9-15(26-2)11-16(10-14)27-3/h5-12H,4,13H2,1-3H3,(H,22,24). The quantitative estimate of drug-likeness (QED) is 0.633. The first-order valence-corrected chi connectivity index (χ1v) is 8.83. The van der Waals surface area contributed by atoms with Crippen molar-refractivity contribution in [3.63, 3.8) is 0 Å². The maximum Gasteiger partial charge on any atom is 0.340 e. The molecule has 0 bridgehead atoms. The van der Waals surface area contributed by atoms with Gasteiger partial charge in [-0.1, -0.05) is 18.2 Å². The number of aryl methyl sites for hydroxylation is 1. The smallest absolute Gasteiger partial charge is 0.340 e. The maximum atomic E-state index is 12.5. The van der Waals surface area contributed by atoms with E-state index >= 15 is 0 Å². The van der Waals surface area contributed by atoms with Crippen molar-refractivity contribution in [1.29, 1.82) is 0 Å². The van der Waals surface area contributed by atoms with E-state index in [0.717, 1.165) is 17.4 Å². The Balaban J connectivity index is 1.68. The molecule has 1 heterocycles. The lowest BCUT2D eigenvalue weighted by atomic mass is 10.2. The molecule has 3 aromatic rings. The molecule has 7 nitrogen and oxygen atoms in total. The highest BCUT2D eigenvalue weighted by Crippen LogP contribution is 2.26. The van der Waals surface area contributed by atoms with Crippen LogP contribution in [0.1, 0.15) is 17.3 Å². The van der Waals surface area contributed by atoms with Gasteiger partial charge in [0.15, 0.2) is 6.61 Å². The van der Waals surface area contributed by atoms with E-state index in [1.807, 2.05) is 35.8 Å². The Kier molecular flexibility index (Phi) is 5.84. The molecule has 2 aromatic carbocycles. The summed E-state index contributed by atoms with van der Waals surface area (Å²) in [7, 11) is 3.05. The number of carbonyl (C=O) groups excluding carboxylic acids is 2. The highest BCUT2D eigenvalue weighted by molar-refractivity contribution is 6.05. The van der Waals surface area contributed by atoms with E-state index in [9.17, 15) is 9.59 Å². The summed E-state index contributed by atoms with van der Waals surface area (Å²) in [5, 5.41) is 3.47. The van der Waals surface area contributed by atoms with E-state index < -0.39 is 18.5 Å². The minimum Gasteiger partial charge on any atom is -0.497 e. The second-order valence-electron chi connectivity index (χ2n) is 6.07. The predicted molar refractivity (Wildman–Crippen MR) is 106 cm³/mol. The summed E-state index contributed by atoms with van der Waals surface area (Å²) in [6.45, 7) is 2.33. The number of nitrogens with zero attached hydrogens (tertiary/aromatic N) is 1. The molecule has 3 rings (SSSR count). The van der Waals surface area contributed by atoms with Crippen molar-refractivity contribution in [2.45, 2.75) is 13.5 Å². The number of aromatic nitrogens is 1. The molecule has 0 fully saturated rings. The number of nitrogens with one attached hydrogen (secondary N) is 1. The molecule has 0 aliphatic rings. The van der Waals surface area contributed by atoms with E-state index in [2.05, 4.69) is 5.32 Å². The van der Waals surface area contributed by atoms with Crippen LogP contribution in [-0.2, 0) is 16.1 Å². The van der Waals surface area contributed by atoms with Gasteiger partial charge in [0.05, 0.1) is 19.8 Å². The van der Waals surface area contributed by atoms with Gasteiger partial charge in [-0.05, 0) is 13.0 Å². The molecule has 0 unspecified atom stereocenters. The second kappa shape index (κ2) is 8.47. The molecule has 0 atom stereocenters. The lowest BCUT2D eigenvalue weighted by Gasteiger charge is -2.10. The fraction of sp³-hybridized carbons (Fsp3) is 0.238. The first-order valence-electron chi connectivity index (χ1n) is 8.83. The van der Waals surface area contributed by atoms with Crippen molar-refractivity contribution in [3.05, 3.63) is 54.2 Å². The molecule has 0 aliphatic carbocycles. The van der Waals surface area contributed by atoms with Gasteiger partial charge in [0.2, 0.25) is 0 Å². The zero-order valence-corrected chi connectivity index (χ0v) is 16.0. The van der Waals surface area contributed by atoms with Crippen LogP contribution in [0.2, 0.25) is 0 Å². The summed E-state index contributed by atoms with van der Waals surface area (Å²) in [6.07, 6.45) is 1.75. The third-order valence-corrected chi connectivity index (χ3v) is 4.32. The van der Waals surface area contributed by atoms with E-state index in [0.29, 0.717) is 22.7 Å². The predicted octanol–water partition coefficient (Wildman–Crippen LogP) is 3.47. The van der Waals surface area contributed by atoms with Gasteiger partial charge >= 0.3 is 5.97 Å². The van der Waals surface area contributed by atoms with Gasteiger partial charge in [-0.3, -0.25) is 4.79 Å². The summed E-state index contributed by atoms with van der Waals surface area (Å²) < 4.78 is 17.5. The number of methoxy groups -OCH3 is 2. The number of ether oxygens (including phenoxy) is 3. The molecule has 0 saturated heterocycles. The van der Waals surface area contributed by atoms with Crippen molar-refractivity contribution in [2.24, 2.45) is 0 Å². The van der Waals surface area contributed by atoms with E-state index in [4.69, 9.17) is 14.2 Å². The summed E-state index contributed by atoms with van der Waals surface area (Å²) in [5.74, 6) is 0.0858. The van der Waals surface area contributed by atoms with Crippen LogP contribution >= 0.6 is 0 Å². The number of rotatable bonds is 7. The third kappa shape index (κ3) is 4.09. The average molecular weight is 382 g/mol. The average Bonchev–Trinajstić information content (AvgIpc) is 3.10. The summed E-state index contributed by atoms with van der Waals surface area (Å²) in [6, 6.07) is 12.6. The van der Waals surface area contributed by atoms with Gasteiger partial charge in [-0.25, -0.2) is 4.79 Å². The van der Waals surface area contributed by atoms with Crippen LogP contribution < -0.4 is 14.8 Å². The minimum absolute atomic E-state index is 0.399. The fourth-order valence-corrected chi connectivity index (χ4v) is 2.96. The molecule has 0 aliphatic heterocycles. The molecule has 0 radical (unpaired) electrons.